The standard InChI is InChI=1S/C15H16BrN3O2/c1-2-3-9-19-14(20)8-7-13(18-19)15(21)17-12-6-4-5-11(16)10-12/h4-8,10H,2-3,9H2,1H3,(H,17,21). The molecule has 110 valence electrons. The number of amides is 1. The van der Waals surface area contributed by atoms with Crippen molar-refractivity contribution in [2.45, 2.75) is 26.3 Å². The second-order valence-corrected chi connectivity index (χ2v) is 5.51. The first-order valence-electron chi connectivity index (χ1n) is 6.75. The Hall–Kier alpha value is -1.95. The molecule has 21 heavy (non-hydrogen) atoms. The Morgan fingerprint density at radius 1 is 1.33 bits per heavy atom. The number of unbranched alkanes of at least 4 members (excludes halogenated alkanes) is 1. The highest BCUT2D eigenvalue weighted by atomic mass is 79.9. The number of aryl methyl sites for hydroxylation is 1. The van der Waals surface area contributed by atoms with E-state index in [0.717, 1.165) is 17.3 Å². The summed E-state index contributed by atoms with van der Waals surface area (Å²) in [5.41, 5.74) is 0.704. The number of carbonyl (C=O) groups is 1. The van der Waals surface area contributed by atoms with Gasteiger partial charge in [0.2, 0.25) is 0 Å². The van der Waals surface area contributed by atoms with E-state index in [9.17, 15) is 9.59 Å². The Bertz CT molecular complexity index is 697. The van der Waals surface area contributed by atoms with Crippen molar-refractivity contribution in [2.24, 2.45) is 0 Å². The number of benzene rings is 1. The van der Waals surface area contributed by atoms with E-state index < -0.39 is 0 Å². The Balaban J connectivity index is 2.17. The number of rotatable bonds is 5. The van der Waals surface area contributed by atoms with Gasteiger partial charge in [0, 0.05) is 22.8 Å². The van der Waals surface area contributed by atoms with Crippen LogP contribution in [0.5, 0.6) is 0 Å². The van der Waals surface area contributed by atoms with Crippen molar-refractivity contribution < 1.29 is 4.79 Å². The van der Waals surface area contributed by atoms with Crippen LogP contribution in [0.1, 0.15) is 30.3 Å². The van der Waals surface area contributed by atoms with Crippen LogP contribution < -0.4 is 10.9 Å². The van der Waals surface area contributed by atoms with Gasteiger partial charge < -0.3 is 5.32 Å². The largest absolute Gasteiger partial charge is 0.321 e. The van der Waals surface area contributed by atoms with Crippen LogP contribution in [0.2, 0.25) is 0 Å². The number of halogens is 1. The van der Waals surface area contributed by atoms with E-state index in [1.807, 2.05) is 19.1 Å². The third-order valence-electron chi connectivity index (χ3n) is 2.91. The highest BCUT2D eigenvalue weighted by Gasteiger charge is 2.10. The Morgan fingerprint density at radius 3 is 2.86 bits per heavy atom. The van der Waals surface area contributed by atoms with Gasteiger partial charge in [-0.2, -0.15) is 5.10 Å². The Kier molecular flexibility index (Phi) is 5.27. The Morgan fingerprint density at radius 2 is 2.14 bits per heavy atom. The molecular formula is C15H16BrN3O2. The van der Waals surface area contributed by atoms with Crippen LogP contribution in [0, 0.1) is 0 Å². The van der Waals surface area contributed by atoms with Crippen LogP contribution in [0.3, 0.4) is 0 Å². The minimum atomic E-state index is -0.335. The maximum Gasteiger partial charge on any atom is 0.276 e. The van der Waals surface area contributed by atoms with Crippen LogP contribution in [0.15, 0.2) is 45.7 Å². The molecule has 0 saturated carbocycles. The van der Waals surface area contributed by atoms with Gasteiger partial charge in [-0.3, -0.25) is 9.59 Å². The number of carbonyl (C=O) groups excluding carboxylic acids is 1. The minimum absolute atomic E-state index is 0.192. The van der Waals surface area contributed by atoms with Crippen LogP contribution >= 0.6 is 15.9 Å². The lowest BCUT2D eigenvalue weighted by atomic mass is 10.3. The van der Waals surface area contributed by atoms with Gasteiger partial charge in [-0.25, -0.2) is 4.68 Å². The molecule has 1 amide bonds. The SMILES string of the molecule is CCCCn1nc(C(=O)Nc2cccc(Br)c2)ccc1=O. The summed E-state index contributed by atoms with van der Waals surface area (Å²) in [6.07, 6.45) is 1.81. The lowest BCUT2D eigenvalue weighted by Crippen LogP contribution is -2.26. The highest BCUT2D eigenvalue weighted by molar-refractivity contribution is 9.10. The molecule has 2 aromatic rings. The summed E-state index contributed by atoms with van der Waals surface area (Å²) >= 11 is 3.35. The molecule has 0 aliphatic carbocycles. The normalized spacial score (nSPS) is 10.4. The van der Waals surface area contributed by atoms with E-state index in [1.165, 1.54) is 16.8 Å². The topological polar surface area (TPSA) is 64.0 Å². The molecule has 0 fully saturated rings. The third-order valence-corrected chi connectivity index (χ3v) is 3.40. The average Bonchev–Trinajstić information content (AvgIpc) is 2.46. The van der Waals surface area contributed by atoms with Gasteiger partial charge in [0.25, 0.3) is 11.5 Å². The van der Waals surface area contributed by atoms with Crippen molar-refractivity contribution in [3.63, 3.8) is 0 Å². The zero-order valence-electron chi connectivity index (χ0n) is 11.7. The van der Waals surface area contributed by atoms with E-state index in [1.54, 1.807) is 12.1 Å². The molecule has 1 heterocycles. The second kappa shape index (κ2) is 7.17. The van der Waals surface area contributed by atoms with Gasteiger partial charge in [-0.05, 0) is 30.7 Å². The van der Waals surface area contributed by atoms with Gasteiger partial charge in [0.1, 0.15) is 5.69 Å². The third kappa shape index (κ3) is 4.26. The summed E-state index contributed by atoms with van der Waals surface area (Å²) in [5.74, 6) is -0.335. The summed E-state index contributed by atoms with van der Waals surface area (Å²) in [4.78, 5) is 23.8. The van der Waals surface area contributed by atoms with Crippen LogP contribution in [0.4, 0.5) is 5.69 Å². The number of hydrogen-bond acceptors (Lipinski definition) is 3. The molecule has 0 radical (unpaired) electrons. The van der Waals surface area contributed by atoms with Gasteiger partial charge in [0.15, 0.2) is 0 Å². The molecule has 0 aliphatic rings. The van der Waals surface area contributed by atoms with Crippen molar-refractivity contribution in [3.8, 4) is 0 Å². The fourth-order valence-electron chi connectivity index (χ4n) is 1.80. The molecule has 2 rings (SSSR count). The fraction of sp³-hybridized carbons (Fsp3) is 0.267. The molecular weight excluding hydrogens is 334 g/mol. The molecule has 0 unspecified atom stereocenters. The maximum absolute atomic E-state index is 12.2. The number of aromatic nitrogens is 2. The maximum atomic E-state index is 12.2. The van der Waals surface area contributed by atoms with Crippen molar-refractivity contribution in [3.05, 3.63) is 56.9 Å². The average molecular weight is 350 g/mol. The summed E-state index contributed by atoms with van der Waals surface area (Å²) in [7, 11) is 0. The number of hydrogen-bond donors (Lipinski definition) is 1. The van der Waals surface area contributed by atoms with Gasteiger partial charge in [-0.15, -0.1) is 0 Å². The fourth-order valence-corrected chi connectivity index (χ4v) is 2.20. The van der Waals surface area contributed by atoms with Crippen molar-refractivity contribution >= 4 is 27.5 Å². The molecule has 0 spiro atoms. The van der Waals surface area contributed by atoms with E-state index >= 15 is 0 Å². The number of anilines is 1. The summed E-state index contributed by atoms with van der Waals surface area (Å²) < 4.78 is 2.21. The highest BCUT2D eigenvalue weighted by Crippen LogP contribution is 2.16. The minimum Gasteiger partial charge on any atom is -0.321 e. The molecule has 6 heteroatoms. The lowest BCUT2D eigenvalue weighted by molar-refractivity contribution is 0.101. The second-order valence-electron chi connectivity index (χ2n) is 4.60. The van der Waals surface area contributed by atoms with Crippen LogP contribution in [-0.2, 0) is 6.54 Å². The zero-order chi connectivity index (χ0) is 15.2. The van der Waals surface area contributed by atoms with E-state index in [2.05, 4.69) is 26.3 Å². The van der Waals surface area contributed by atoms with Crippen molar-refractivity contribution in [1.29, 1.82) is 0 Å². The summed E-state index contributed by atoms with van der Waals surface area (Å²) in [5, 5.41) is 6.86. The summed E-state index contributed by atoms with van der Waals surface area (Å²) in [6.45, 7) is 2.56. The predicted molar refractivity (Wildman–Crippen MR) is 85.5 cm³/mol. The smallest absolute Gasteiger partial charge is 0.276 e. The summed E-state index contributed by atoms with van der Waals surface area (Å²) in [6, 6.07) is 10.1. The monoisotopic (exact) mass is 349 g/mol. The van der Waals surface area contributed by atoms with E-state index in [0.29, 0.717) is 12.2 Å². The first kappa shape index (κ1) is 15.4. The van der Waals surface area contributed by atoms with Gasteiger partial charge in [-0.1, -0.05) is 35.3 Å². The zero-order valence-corrected chi connectivity index (χ0v) is 13.3. The number of nitrogens with zero attached hydrogens (tertiary/aromatic N) is 2. The Labute approximate surface area is 131 Å². The van der Waals surface area contributed by atoms with Crippen LogP contribution in [-0.4, -0.2) is 15.7 Å². The number of nitrogens with one attached hydrogen (secondary N) is 1. The molecule has 1 aromatic carbocycles. The molecule has 1 aromatic heterocycles. The molecule has 0 atom stereocenters. The van der Waals surface area contributed by atoms with Crippen molar-refractivity contribution in [2.75, 3.05) is 5.32 Å². The van der Waals surface area contributed by atoms with Crippen molar-refractivity contribution in [1.82, 2.24) is 9.78 Å². The lowest BCUT2D eigenvalue weighted by Gasteiger charge is -2.07. The molecule has 5 nitrogen and oxygen atoms in total. The molecule has 0 aliphatic heterocycles. The van der Waals surface area contributed by atoms with Gasteiger partial charge in [0.05, 0.1) is 0 Å². The molecule has 0 saturated heterocycles. The molecule has 0 bridgehead atoms. The van der Waals surface area contributed by atoms with Crippen LogP contribution in [0.25, 0.3) is 0 Å². The quantitative estimate of drug-likeness (QED) is 0.902. The molecule has 1 N–H and O–H groups in total. The van der Waals surface area contributed by atoms with Gasteiger partial charge >= 0.3 is 0 Å². The first-order chi connectivity index (χ1) is 10.1. The predicted octanol–water partition coefficient (Wildman–Crippen LogP) is 3.06. The van der Waals surface area contributed by atoms with E-state index in [4.69, 9.17) is 0 Å². The van der Waals surface area contributed by atoms with E-state index in [-0.39, 0.29) is 17.2 Å². The first-order valence-corrected chi connectivity index (χ1v) is 7.54.